The molecule has 1 N–H and O–H groups in total. The van der Waals surface area contributed by atoms with Crippen molar-refractivity contribution in [2.24, 2.45) is 0 Å². The Bertz CT molecular complexity index is 460. The molecule has 4 heteroatoms. The normalized spacial score (nSPS) is 18.3. The number of halogens is 2. The second kappa shape index (κ2) is 7.82. The molecular formula is C17H25Cl2NO. The first-order valence-corrected chi connectivity index (χ1v) is 8.62. The molecule has 1 unspecified atom stereocenters. The van der Waals surface area contributed by atoms with E-state index in [1.165, 1.54) is 24.8 Å². The lowest BCUT2D eigenvalue weighted by Crippen LogP contribution is -2.51. The molecule has 0 saturated heterocycles. The zero-order chi connectivity index (χ0) is 15.3. The van der Waals surface area contributed by atoms with Crippen LogP contribution in [-0.2, 0) is 10.2 Å². The van der Waals surface area contributed by atoms with E-state index in [1.807, 2.05) is 12.1 Å². The van der Waals surface area contributed by atoms with Crippen molar-refractivity contribution in [3.63, 3.8) is 0 Å². The Morgan fingerprint density at radius 1 is 1.24 bits per heavy atom. The molecule has 0 heterocycles. The van der Waals surface area contributed by atoms with E-state index in [9.17, 15) is 0 Å². The van der Waals surface area contributed by atoms with Gasteiger partial charge in [-0.15, -0.1) is 0 Å². The third kappa shape index (κ3) is 3.92. The van der Waals surface area contributed by atoms with Crippen molar-refractivity contribution in [1.82, 2.24) is 5.32 Å². The van der Waals surface area contributed by atoms with Crippen molar-refractivity contribution < 1.29 is 4.74 Å². The highest BCUT2D eigenvalue weighted by Crippen LogP contribution is 2.47. The zero-order valence-corrected chi connectivity index (χ0v) is 14.4. The van der Waals surface area contributed by atoms with Gasteiger partial charge in [0.1, 0.15) is 0 Å². The SMILES string of the molecule is CCCOCCNC(C)C1(c2ccc(Cl)c(Cl)c2)CCC1. The quantitative estimate of drug-likeness (QED) is 0.690. The minimum Gasteiger partial charge on any atom is -0.380 e. The number of nitrogens with one attached hydrogen (secondary N) is 1. The Hall–Kier alpha value is -0.280. The second-order valence-corrected chi connectivity index (χ2v) is 6.74. The first kappa shape index (κ1) is 17.1. The Labute approximate surface area is 138 Å². The molecule has 0 radical (unpaired) electrons. The van der Waals surface area contributed by atoms with Gasteiger partial charge in [0.15, 0.2) is 0 Å². The lowest BCUT2D eigenvalue weighted by molar-refractivity contribution is 0.122. The first-order chi connectivity index (χ1) is 10.1. The maximum Gasteiger partial charge on any atom is 0.0595 e. The predicted octanol–water partition coefficient (Wildman–Crippen LogP) is 4.82. The van der Waals surface area contributed by atoms with Crippen molar-refractivity contribution in [3.8, 4) is 0 Å². The molecule has 1 saturated carbocycles. The molecule has 1 aromatic carbocycles. The van der Waals surface area contributed by atoms with Gasteiger partial charge in [-0.1, -0.05) is 42.6 Å². The summed E-state index contributed by atoms with van der Waals surface area (Å²) < 4.78 is 5.54. The Kier molecular flexibility index (Phi) is 6.36. The molecule has 1 aliphatic rings. The van der Waals surface area contributed by atoms with Gasteiger partial charge in [0.2, 0.25) is 0 Å². The van der Waals surface area contributed by atoms with Crippen molar-refractivity contribution in [1.29, 1.82) is 0 Å². The molecule has 21 heavy (non-hydrogen) atoms. The molecule has 0 amide bonds. The van der Waals surface area contributed by atoms with E-state index in [-0.39, 0.29) is 5.41 Å². The van der Waals surface area contributed by atoms with Gasteiger partial charge < -0.3 is 10.1 Å². The Morgan fingerprint density at radius 3 is 2.57 bits per heavy atom. The first-order valence-electron chi connectivity index (χ1n) is 7.87. The molecular weight excluding hydrogens is 305 g/mol. The fourth-order valence-corrected chi connectivity index (χ4v) is 3.42. The summed E-state index contributed by atoms with van der Waals surface area (Å²) in [5.41, 5.74) is 1.50. The molecule has 2 rings (SSSR count). The van der Waals surface area contributed by atoms with Crippen molar-refractivity contribution in [3.05, 3.63) is 33.8 Å². The third-order valence-corrected chi connectivity index (χ3v) is 5.35. The highest BCUT2D eigenvalue weighted by atomic mass is 35.5. The van der Waals surface area contributed by atoms with Crippen molar-refractivity contribution in [2.75, 3.05) is 19.8 Å². The molecule has 1 aromatic rings. The molecule has 0 bridgehead atoms. The molecule has 1 fully saturated rings. The van der Waals surface area contributed by atoms with Gasteiger partial charge in [-0.05, 0) is 43.9 Å². The van der Waals surface area contributed by atoms with Crippen LogP contribution < -0.4 is 5.32 Å². The summed E-state index contributed by atoms with van der Waals surface area (Å²) in [6, 6.07) is 6.48. The summed E-state index contributed by atoms with van der Waals surface area (Å²) in [6.45, 7) is 6.90. The van der Waals surface area contributed by atoms with E-state index in [0.29, 0.717) is 16.1 Å². The number of hydrogen-bond donors (Lipinski definition) is 1. The van der Waals surface area contributed by atoms with Crippen LogP contribution in [0.2, 0.25) is 10.0 Å². The summed E-state index contributed by atoms with van der Waals surface area (Å²) in [5, 5.41) is 4.90. The van der Waals surface area contributed by atoms with Crippen molar-refractivity contribution >= 4 is 23.2 Å². The maximum absolute atomic E-state index is 6.19. The van der Waals surface area contributed by atoms with Crippen LogP contribution in [0.5, 0.6) is 0 Å². The monoisotopic (exact) mass is 329 g/mol. The molecule has 1 atom stereocenters. The number of hydrogen-bond acceptors (Lipinski definition) is 2. The zero-order valence-electron chi connectivity index (χ0n) is 12.9. The topological polar surface area (TPSA) is 21.3 Å². The average Bonchev–Trinajstić information content (AvgIpc) is 2.41. The van der Waals surface area contributed by atoms with Gasteiger partial charge in [-0.25, -0.2) is 0 Å². The molecule has 0 spiro atoms. The van der Waals surface area contributed by atoms with Gasteiger partial charge in [-0.2, -0.15) is 0 Å². The minimum atomic E-state index is 0.193. The van der Waals surface area contributed by atoms with Crippen LogP contribution in [0.1, 0.15) is 45.1 Å². The number of ether oxygens (including phenoxy) is 1. The van der Waals surface area contributed by atoms with Crippen LogP contribution in [0.15, 0.2) is 18.2 Å². The van der Waals surface area contributed by atoms with E-state index in [2.05, 4.69) is 25.2 Å². The average molecular weight is 330 g/mol. The minimum absolute atomic E-state index is 0.193. The van der Waals surface area contributed by atoms with Gasteiger partial charge in [0.25, 0.3) is 0 Å². The summed E-state index contributed by atoms with van der Waals surface area (Å²) in [5.74, 6) is 0. The fourth-order valence-electron chi connectivity index (χ4n) is 3.12. The smallest absolute Gasteiger partial charge is 0.0595 e. The third-order valence-electron chi connectivity index (χ3n) is 4.61. The predicted molar refractivity (Wildman–Crippen MR) is 90.6 cm³/mol. The van der Waals surface area contributed by atoms with Crippen LogP contribution in [-0.4, -0.2) is 25.8 Å². The largest absolute Gasteiger partial charge is 0.380 e. The lowest BCUT2D eigenvalue weighted by atomic mass is 9.60. The Balaban J connectivity index is 1.98. The highest BCUT2D eigenvalue weighted by molar-refractivity contribution is 6.42. The molecule has 0 aliphatic heterocycles. The molecule has 118 valence electrons. The summed E-state index contributed by atoms with van der Waals surface area (Å²) in [4.78, 5) is 0. The van der Waals surface area contributed by atoms with Crippen LogP contribution >= 0.6 is 23.2 Å². The van der Waals surface area contributed by atoms with Crippen LogP contribution in [0.3, 0.4) is 0 Å². The lowest BCUT2D eigenvalue weighted by Gasteiger charge is -2.47. The summed E-state index contributed by atoms with van der Waals surface area (Å²) >= 11 is 12.2. The standard InChI is InChI=1S/C17H25Cl2NO/c1-3-10-21-11-9-20-13(2)17(7-4-8-17)14-5-6-15(18)16(19)12-14/h5-6,12-13,20H,3-4,7-11H2,1-2H3. The molecule has 1 aliphatic carbocycles. The van der Waals surface area contributed by atoms with Gasteiger partial charge in [0.05, 0.1) is 16.7 Å². The van der Waals surface area contributed by atoms with Gasteiger partial charge >= 0.3 is 0 Å². The van der Waals surface area contributed by atoms with Crippen LogP contribution in [0, 0.1) is 0 Å². The molecule has 2 nitrogen and oxygen atoms in total. The van der Waals surface area contributed by atoms with Crippen molar-refractivity contribution in [2.45, 2.75) is 51.0 Å². The van der Waals surface area contributed by atoms with Gasteiger partial charge in [-0.3, -0.25) is 0 Å². The number of rotatable bonds is 8. The number of benzene rings is 1. The summed E-state index contributed by atoms with van der Waals surface area (Å²) in [7, 11) is 0. The highest BCUT2D eigenvalue weighted by Gasteiger charge is 2.43. The molecule has 0 aromatic heterocycles. The van der Waals surface area contributed by atoms with Crippen LogP contribution in [0.25, 0.3) is 0 Å². The van der Waals surface area contributed by atoms with E-state index in [1.54, 1.807) is 0 Å². The Morgan fingerprint density at radius 2 is 2.00 bits per heavy atom. The maximum atomic E-state index is 6.19. The van der Waals surface area contributed by atoms with Gasteiger partial charge in [0, 0.05) is 24.6 Å². The van der Waals surface area contributed by atoms with E-state index in [4.69, 9.17) is 27.9 Å². The van der Waals surface area contributed by atoms with E-state index >= 15 is 0 Å². The van der Waals surface area contributed by atoms with E-state index in [0.717, 1.165) is 26.2 Å². The van der Waals surface area contributed by atoms with Crippen LogP contribution in [0.4, 0.5) is 0 Å². The fraction of sp³-hybridized carbons (Fsp3) is 0.647. The second-order valence-electron chi connectivity index (χ2n) is 5.93. The summed E-state index contributed by atoms with van der Waals surface area (Å²) in [6.07, 6.45) is 4.76. The van der Waals surface area contributed by atoms with E-state index < -0.39 is 0 Å².